The van der Waals surface area contributed by atoms with Crippen LogP contribution in [-0.2, 0) is 4.79 Å². The van der Waals surface area contributed by atoms with Crippen molar-refractivity contribution in [3.63, 3.8) is 0 Å². The second kappa shape index (κ2) is 9.43. The first-order valence-corrected chi connectivity index (χ1v) is 10.9. The van der Waals surface area contributed by atoms with Crippen LogP contribution in [0.1, 0.15) is 0 Å². The summed E-state index contributed by atoms with van der Waals surface area (Å²) in [4.78, 5) is 31.3. The molecule has 0 unspecified atom stereocenters. The van der Waals surface area contributed by atoms with E-state index in [2.05, 4.69) is 42.0 Å². The number of pyridine rings is 2. The van der Waals surface area contributed by atoms with Gasteiger partial charge < -0.3 is 15.4 Å². The smallest absolute Gasteiger partial charge is 0.247 e. The maximum atomic E-state index is 13.8. The topological polar surface area (TPSA) is 105 Å². The molecular formula is C25H22FN7O2. The number of likely N-dealkylation sites (N-methyl/N-ethyl adjacent to an activating group) is 1. The summed E-state index contributed by atoms with van der Waals surface area (Å²) in [6.45, 7) is 5.15. The minimum atomic E-state index is -0.447. The van der Waals surface area contributed by atoms with Crippen molar-refractivity contribution in [1.29, 1.82) is 0 Å². The van der Waals surface area contributed by atoms with Crippen LogP contribution in [0.25, 0.3) is 22.0 Å². The third-order valence-electron chi connectivity index (χ3n) is 5.51. The van der Waals surface area contributed by atoms with E-state index >= 15 is 0 Å². The molecule has 1 aromatic carbocycles. The molecule has 1 amide bonds. The van der Waals surface area contributed by atoms with Gasteiger partial charge in [0.25, 0.3) is 0 Å². The van der Waals surface area contributed by atoms with Crippen LogP contribution in [0.15, 0.2) is 67.9 Å². The Morgan fingerprint density at radius 1 is 1.17 bits per heavy atom. The van der Waals surface area contributed by atoms with Gasteiger partial charge in [0.1, 0.15) is 17.7 Å². The molecule has 0 radical (unpaired) electrons. The number of fused-ring (bicyclic) bond motifs is 1. The summed E-state index contributed by atoms with van der Waals surface area (Å²) < 4.78 is 19.8. The van der Waals surface area contributed by atoms with Crippen molar-refractivity contribution in [1.82, 2.24) is 24.8 Å². The normalized spacial score (nSPS) is 13.8. The zero-order valence-electron chi connectivity index (χ0n) is 18.9. The van der Waals surface area contributed by atoms with Crippen LogP contribution in [0.3, 0.4) is 0 Å². The number of hydrogen-bond donors (Lipinski definition) is 2. The number of nitrogens with zero attached hydrogens (tertiary/aromatic N) is 5. The highest BCUT2D eigenvalue weighted by Crippen LogP contribution is 2.32. The molecule has 0 saturated carbocycles. The van der Waals surface area contributed by atoms with Gasteiger partial charge in [-0.3, -0.25) is 19.7 Å². The standard InChI is InChI=1S/C25H22FN7O2/c1-3-23(34)31-21-7-18(4-5-22(21)35-19-13-33(2)14-19)30-25-29-10-16-9-28-12-20(24(16)32-25)15-6-17(26)11-27-8-15/h3-12,19H,1,13-14H2,2H3,(H,31,34)(H,29,30,32). The summed E-state index contributed by atoms with van der Waals surface area (Å²) in [6, 6.07) is 6.73. The van der Waals surface area contributed by atoms with E-state index in [0.29, 0.717) is 45.1 Å². The van der Waals surface area contributed by atoms with Crippen LogP contribution in [0.2, 0.25) is 0 Å². The Labute approximate surface area is 200 Å². The summed E-state index contributed by atoms with van der Waals surface area (Å²) in [6.07, 6.45) is 8.85. The molecule has 1 fully saturated rings. The summed E-state index contributed by atoms with van der Waals surface area (Å²) in [5.74, 6) is 0.0947. The number of likely N-dealkylation sites (tertiary alicyclic amines) is 1. The van der Waals surface area contributed by atoms with Gasteiger partial charge in [0.2, 0.25) is 11.9 Å². The van der Waals surface area contributed by atoms with E-state index in [-0.39, 0.29) is 12.0 Å². The van der Waals surface area contributed by atoms with Crippen LogP contribution >= 0.6 is 0 Å². The maximum Gasteiger partial charge on any atom is 0.247 e. The van der Waals surface area contributed by atoms with E-state index < -0.39 is 5.82 Å². The number of anilines is 3. The molecule has 9 nitrogen and oxygen atoms in total. The predicted molar refractivity (Wildman–Crippen MR) is 131 cm³/mol. The van der Waals surface area contributed by atoms with Crippen molar-refractivity contribution in [3.05, 3.63) is 73.7 Å². The number of aromatic nitrogens is 4. The highest BCUT2D eigenvalue weighted by molar-refractivity contribution is 6.00. The van der Waals surface area contributed by atoms with Gasteiger partial charge in [0, 0.05) is 60.1 Å². The van der Waals surface area contributed by atoms with Gasteiger partial charge in [0.15, 0.2) is 0 Å². The third-order valence-corrected chi connectivity index (χ3v) is 5.51. The Morgan fingerprint density at radius 3 is 2.77 bits per heavy atom. The number of carbonyl (C=O) groups excluding carboxylic acids is 1. The Hall–Kier alpha value is -4.44. The molecule has 176 valence electrons. The molecule has 2 N–H and O–H groups in total. The summed E-state index contributed by atoms with van der Waals surface area (Å²) in [5, 5.41) is 6.65. The second-order valence-corrected chi connectivity index (χ2v) is 8.20. The highest BCUT2D eigenvalue weighted by atomic mass is 19.1. The fraction of sp³-hybridized carbons (Fsp3) is 0.160. The number of rotatable bonds is 7. The molecule has 0 aliphatic carbocycles. The van der Waals surface area contributed by atoms with Crippen molar-refractivity contribution < 1.29 is 13.9 Å². The molecule has 0 spiro atoms. The Balaban J connectivity index is 1.45. The van der Waals surface area contributed by atoms with E-state index in [0.717, 1.165) is 19.3 Å². The van der Waals surface area contributed by atoms with Crippen molar-refractivity contribution in [2.75, 3.05) is 30.8 Å². The lowest BCUT2D eigenvalue weighted by molar-refractivity contribution is -0.111. The molecule has 10 heteroatoms. The lowest BCUT2D eigenvalue weighted by atomic mass is 10.1. The molecule has 5 rings (SSSR count). The quantitative estimate of drug-likeness (QED) is 0.393. The first kappa shape index (κ1) is 22.4. The molecular weight excluding hydrogens is 449 g/mol. The average molecular weight is 471 g/mol. The van der Waals surface area contributed by atoms with Crippen molar-refractivity contribution >= 4 is 34.1 Å². The largest absolute Gasteiger partial charge is 0.486 e. The van der Waals surface area contributed by atoms with Crippen molar-refractivity contribution in [2.24, 2.45) is 0 Å². The van der Waals surface area contributed by atoms with Gasteiger partial charge in [-0.15, -0.1) is 0 Å². The number of halogens is 1. The zero-order chi connectivity index (χ0) is 24.4. The fourth-order valence-electron chi connectivity index (χ4n) is 3.80. The van der Waals surface area contributed by atoms with Crippen LogP contribution < -0.4 is 15.4 Å². The van der Waals surface area contributed by atoms with E-state index in [1.807, 2.05) is 13.1 Å². The van der Waals surface area contributed by atoms with Crippen LogP contribution in [0, 0.1) is 5.82 Å². The van der Waals surface area contributed by atoms with E-state index in [9.17, 15) is 9.18 Å². The minimum Gasteiger partial charge on any atom is -0.486 e. The number of ether oxygens (including phenoxy) is 1. The van der Waals surface area contributed by atoms with Gasteiger partial charge in [-0.25, -0.2) is 14.4 Å². The van der Waals surface area contributed by atoms with Gasteiger partial charge in [-0.05, 0) is 37.4 Å². The number of amides is 1. The van der Waals surface area contributed by atoms with Gasteiger partial charge in [0.05, 0.1) is 17.4 Å². The van der Waals surface area contributed by atoms with Crippen LogP contribution in [-0.4, -0.2) is 57.0 Å². The van der Waals surface area contributed by atoms with Gasteiger partial charge in [-0.2, -0.15) is 0 Å². The van der Waals surface area contributed by atoms with Gasteiger partial charge in [-0.1, -0.05) is 6.58 Å². The first-order valence-electron chi connectivity index (χ1n) is 10.9. The monoisotopic (exact) mass is 471 g/mol. The Kier molecular flexibility index (Phi) is 6.02. The Bertz CT molecular complexity index is 1420. The molecule has 0 bridgehead atoms. The Morgan fingerprint density at radius 2 is 2.00 bits per heavy atom. The minimum absolute atomic E-state index is 0.0614. The lowest BCUT2D eigenvalue weighted by Gasteiger charge is -2.36. The molecule has 1 aliphatic rings. The lowest BCUT2D eigenvalue weighted by Crippen LogP contribution is -2.51. The summed E-state index contributed by atoms with van der Waals surface area (Å²) in [5.41, 5.74) is 2.94. The first-order chi connectivity index (χ1) is 17.0. The average Bonchev–Trinajstić information content (AvgIpc) is 2.84. The molecule has 1 saturated heterocycles. The van der Waals surface area contributed by atoms with Crippen LogP contribution in [0.5, 0.6) is 5.75 Å². The van der Waals surface area contributed by atoms with Crippen molar-refractivity contribution in [3.8, 4) is 16.9 Å². The molecule has 35 heavy (non-hydrogen) atoms. The molecule has 4 aromatic rings. The van der Waals surface area contributed by atoms with Crippen molar-refractivity contribution in [2.45, 2.75) is 6.10 Å². The van der Waals surface area contributed by atoms with E-state index in [4.69, 9.17) is 4.74 Å². The molecule has 0 atom stereocenters. The molecule has 3 aromatic heterocycles. The summed E-state index contributed by atoms with van der Waals surface area (Å²) in [7, 11) is 2.02. The van der Waals surface area contributed by atoms with E-state index in [1.54, 1.807) is 36.9 Å². The zero-order valence-corrected chi connectivity index (χ0v) is 18.9. The SMILES string of the molecule is C=CC(=O)Nc1cc(Nc2ncc3cncc(-c4cncc(F)c4)c3n2)ccc1OC1CN(C)C1. The fourth-order valence-corrected chi connectivity index (χ4v) is 3.80. The molecule has 4 heterocycles. The maximum absolute atomic E-state index is 13.8. The van der Waals surface area contributed by atoms with Crippen LogP contribution in [0.4, 0.5) is 21.7 Å². The van der Waals surface area contributed by atoms with Gasteiger partial charge >= 0.3 is 0 Å². The number of carbonyl (C=O) groups is 1. The number of benzene rings is 1. The number of nitrogens with one attached hydrogen (secondary N) is 2. The number of hydrogen-bond acceptors (Lipinski definition) is 8. The second-order valence-electron chi connectivity index (χ2n) is 8.20. The highest BCUT2D eigenvalue weighted by Gasteiger charge is 2.26. The summed E-state index contributed by atoms with van der Waals surface area (Å²) >= 11 is 0. The predicted octanol–water partition coefficient (Wildman–Crippen LogP) is 3.79. The third kappa shape index (κ3) is 4.92. The van der Waals surface area contributed by atoms with E-state index in [1.165, 1.54) is 12.1 Å². The molecule has 1 aliphatic heterocycles.